The summed E-state index contributed by atoms with van der Waals surface area (Å²) in [5, 5.41) is 14.4. The van der Waals surface area contributed by atoms with Crippen LogP contribution in [-0.4, -0.2) is 67.3 Å². The van der Waals surface area contributed by atoms with Gasteiger partial charge in [-0.3, -0.25) is 9.88 Å². The molecule has 0 bridgehead atoms. The van der Waals surface area contributed by atoms with Gasteiger partial charge in [0.25, 0.3) is 0 Å². The molecule has 2 N–H and O–H groups in total. The fourth-order valence-electron chi connectivity index (χ4n) is 4.44. The van der Waals surface area contributed by atoms with Crippen LogP contribution in [0.2, 0.25) is 0 Å². The van der Waals surface area contributed by atoms with Gasteiger partial charge in [-0.15, -0.1) is 0 Å². The first-order valence-electron chi connectivity index (χ1n) is 11.1. The molecule has 2 fully saturated rings. The molecule has 33 heavy (non-hydrogen) atoms. The maximum absolute atomic E-state index is 15.0. The van der Waals surface area contributed by atoms with Crippen molar-refractivity contribution in [2.24, 2.45) is 0 Å². The first kappa shape index (κ1) is 21.2. The molecule has 2 aromatic carbocycles. The zero-order valence-electron chi connectivity index (χ0n) is 18.5. The van der Waals surface area contributed by atoms with Crippen LogP contribution in [0.4, 0.5) is 20.6 Å². The second-order valence-electron chi connectivity index (χ2n) is 8.39. The second kappa shape index (κ2) is 8.71. The van der Waals surface area contributed by atoms with Crippen molar-refractivity contribution in [1.29, 1.82) is 0 Å². The SMILES string of the molecule is CN1CCN(c2ccc(-c3cccc(-c4cncc(N5CCNCC5)c4)c3O)cc2F)C1=O. The number of halogens is 1. The standard InChI is InChI=1S/C25H26FN5O2/c1-29-11-12-31(25(29)33)23-6-5-17(14-22(23)26)20-3-2-4-21(24(20)32)18-13-19(16-28-15-18)30-9-7-27-8-10-30/h2-6,13-16,27,32H,7-12H2,1H3. The maximum Gasteiger partial charge on any atom is 0.324 e. The fourth-order valence-corrected chi connectivity index (χ4v) is 4.44. The van der Waals surface area contributed by atoms with Crippen LogP contribution in [0.5, 0.6) is 5.75 Å². The first-order chi connectivity index (χ1) is 16.0. The first-order valence-corrected chi connectivity index (χ1v) is 11.1. The Balaban J connectivity index is 1.47. The normalized spacial score (nSPS) is 16.5. The summed E-state index contributed by atoms with van der Waals surface area (Å²) >= 11 is 0. The Hall–Kier alpha value is -3.65. The minimum absolute atomic E-state index is 0.0703. The smallest absolute Gasteiger partial charge is 0.324 e. The van der Waals surface area contributed by atoms with Crippen molar-refractivity contribution in [3.8, 4) is 28.0 Å². The van der Waals surface area contributed by atoms with E-state index in [1.54, 1.807) is 36.3 Å². The van der Waals surface area contributed by atoms with E-state index in [-0.39, 0.29) is 17.5 Å². The van der Waals surface area contributed by atoms with Crippen LogP contribution >= 0.6 is 0 Å². The van der Waals surface area contributed by atoms with Gasteiger partial charge in [0, 0.05) is 69.2 Å². The molecule has 0 atom stereocenters. The number of piperazine rings is 1. The van der Waals surface area contributed by atoms with Crippen molar-refractivity contribution in [1.82, 2.24) is 15.2 Å². The number of nitrogens with zero attached hydrogens (tertiary/aromatic N) is 4. The number of hydrogen-bond acceptors (Lipinski definition) is 5. The molecule has 0 saturated carbocycles. The number of hydrogen-bond donors (Lipinski definition) is 2. The zero-order valence-corrected chi connectivity index (χ0v) is 18.5. The minimum Gasteiger partial charge on any atom is -0.507 e. The van der Waals surface area contributed by atoms with E-state index in [4.69, 9.17) is 0 Å². The van der Waals surface area contributed by atoms with Gasteiger partial charge in [-0.25, -0.2) is 9.18 Å². The number of rotatable bonds is 4. The number of phenolic OH excluding ortho intramolecular Hbond substituents is 1. The molecule has 170 valence electrons. The topological polar surface area (TPSA) is 71.9 Å². The number of aromatic hydroxyl groups is 1. The predicted molar refractivity (Wildman–Crippen MR) is 127 cm³/mol. The number of urea groups is 1. The van der Waals surface area contributed by atoms with Gasteiger partial charge in [0.1, 0.15) is 11.6 Å². The average Bonchev–Trinajstić information content (AvgIpc) is 3.18. The van der Waals surface area contributed by atoms with Crippen LogP contribution in [0.1, 0.15) is 0 Å². The van der Waals surface area contributed by atoms with Gasteiger partial charge >= 0.3 is 6.03 Å². The van der Waals surface area contributed by atoms with Crippen LogP contribution in [0.3, 0.4) is 0 Å². The summed E-state index contributed by atoms with van der Waals surface area (Å²) < 4.78 is 15.0. The van der Waals surface area contributed by atoms with E-state index in [0.717, 1.165) is 37.4 Å². The number of nitrogens with one attached hydrogen (secondary N) is 1. The number of amides is 2. The Kier molecular flexibility index (Phi) is 5.60. The number of pyridine rings is 1. The number of likely N-dealkylation sites (N-methyl/N-ethyl adjacent to an activating group) is 1. The summed E-state index contributed by atoms with van der Waals surface area (Å²) in [6.45, 7) is 4.65. The molecule has 5 rings (SSSR count). The number of para-hydroxylation sites is 1. The zero-order chi connectivity index (χ0) is 22.9. The molecule has 0 unspecified atom stereocenters. The monoisotopic (exact) mass is 447 g/mol. The lowest BCUT2D eigenvalue weighted by atomic mass is 9.97. The van der Waals surface area contributed by atoms with E-state index < -0.39 is 5.82 Å². The van der Waals surface area contributed by atoms with E-state index in [2.05, 4.69) is 15.2 Å². The van der Waals surface area contributed by atoms with E-state index in [1.807, 2.05) is 24.4 Å². The van der Waals surface area contributed by atoms with Crippen molar-refractivity contribution in [3.05, 3.63) is 60.7 Å². The summed E-state index contributed by atoms with van der Waals surface area (Å²) in [6.07, 6.45) is 3.56. The van der Waals surface area contributed by atoms with Gasteiger partial charge in [0.05, 0.1) is 17.6 Å². The number of anilines is 2. The number of phenols is 1. The minimum atomic E-state index is -0.497. The summed E-state index contributed by atoms with van der Waals surface area (Å²) in [5.41, 5.74) is 3.76. The molecule has 2 amide bonds. The highest BCUT2D eigenvalue weighted by molar-refractivity contribution is 5.94. The molecule has 2 saturated heterocycles. The van der Waals surface area contributed by atoms with Crippen LogP contribution in [-0.2, 0) is 0 Å². The molecule has 2 aliphatic heterocycles. The largest absolute Gasteiger partial charge is 0.507 e. The lowest BCUT2D eigenvalue weighted by Crippen LogP contribution is -2.43. The summed E-state index contributed by atoms with van der Waals surface area (Å²) in [5.74, 6) is -0.427. The molecular weight excluding hydrogens is 421 g/mol. The number of benzene rings is 2. The lowest BCUT2D eigenvalue weighted by Gasteiger charge is -2.29. The van der Waals surface area contributed by atoms with E-state index >= 15 is 0 Å². The van der Waals surface area contributed by atoms with Gasteiger partial charge in [-0.2, -0.15) is 0 Å². The van der Waals surface area contributed by atoms with Crippen molar-refractivity contribution < 1.29 is 14.3 Å². The fraction of sp³-hybridized carbons (Fsp3) is 0.280. The van der Waals surface area contributed by atoms with Crippen molar-refractivity contribution >= 4 is 17.4 Å². The molecule has 2 aliphatic rings. The third-order valence-corrected chi connectivity index (χ3v) is 6.32. The highest BCUT2D eigenvalue weighted by Crippen LogP contribution is 2.39. The maximum atomic E-state index is 15.0. The molecule has 0 spiro atoms. The van der Waals surface area contributed by atoms with Crippen molar-refractivity contribution in [2.75, 3.05) is 56.1 Å². The van der Waals surface area contributed by atoms with Crippen LogP contribution < -0.4 is 15.1 Å². The van der Waals surface area contributed by atoms with Crippen molar-refractivity contribution in [3.63, 3.8) is 0 Å². The predicted octanol–water partition coefficient (Wildman–Crippen LogP) is 3.54. The number of carbonyl (C=O) groups excluding carboxylic acids is 1. The number of aromatic nitrogens is 1. The molecule has 0 radical (unpaired) electrons. The van der Waals surface area contributed by atoms with Crippen LogP contribution in [0.15, 0.2) is 54.9 Å². The Morgan fingerprint density at radius 3 is 2.42 bits per heavy atom. The Bertz CT molecular complexity index is 1200. The Morgan fingerprint density at radius 2 is 1.73 bits per heavy atom. The Labute approximate surface area is 192 Å². The van der Waals surface area contributed by atoms with Crippen molar-refractivity contribution in [2.45, 2.75) is 0 Å². The lowest BCUT2D eigenvalue weighted by molar-refractivity contribution is 0.229. The highest BCUT2D eigenvalue weighted by atomic mass is 19.1. The highest BCUT2D eigenvalue weighted by Gasteiger charge is 2.28. The van der Waals surface area contributed by atoms with E-state index in [9.17, 15) is 14.3 Å². The van der Waals surface area contributed by atoms with Gasteiger partial charge in [-0.05, 0) is 23.8 Å². The molecule has 7 nitrogen and oxygen atoms in total. The van der Waals surface area contributed by atoms with Crippen LogP contribution in [0.25, 0.3) is 22.3 Å². The van der Waals surface area contributed by atoms with Crippen LogP contribution in [0, 0.1) is 5.82 Å². The third kappa shape index (κ3) is 3.98. The van der Waals surface area contributed by atoms with Gasteiger partial charge < -0.3 is 20.2 Å². The number of carbonyl (C=O) groups is 1. The summed E-state index contributed by atoms with van der Waals surface area (Å²) in [6, 6.07) is 11.9. The molecule has 1 aromatic heterocycles. The molecule has 3 aromatic rings. The van der Waals surface area contributed by atoms with Gasteiger partial charge in [-0.1, -0.05) is 24.3 Å². The quantitative estimate of drug-likeness (QED) is 0.640. The molecule has 0 aliphatic carbocycles. The Morgan fingerprint density at radius 1 is 0.970 bits per heavy atom. The molecular formula is C25H26FN5O2. The van der Waals surface area contributed by atoms with Gasteiger partial charge in [0.2, 0.25) is 0 Å². The molecule has 3 heterocycles. The van der Waals surface area contributed by atoms with E-state index in [0.29, 0.717) is 29.8 Å². The third-order valence-electron chi connectivity index (χ3n) is 6.32. The second-order valence-corrected chi connectivity index (χ2v) is 8.39. The average molecular weight is 448 g/mol. The summed E-state index contributed by atoms with van der Waals surface area (Å²) in [7, 11) is 1.70. The molecule has 8 heteroatoms. The summed E-state index contributed by atoms with van der Waals surface area (Å²) in [4.78, 5) is 21.9. The van der Waals surface area contributed by atoms with Gasteiger partial charge in [0.15, 0.2) is 0 Å². The van der Waals surface area contributed by atoms with E-state index in [1.165, 1.54) is 11.0 Å².